The van der Waals surface area contributed by atoms with Gasteiger partial charge in [0.2, 0.25) is 5.91 Å². The summed E-state index contributed by atoms with van der Waals surface area (Å²) in [5, 5.41) is 10.7. The molecule has 49 heavy (non-hydrogen) atoms. The molecule has 0 saturated heterocycles. The van der Waals surface area contributed by atoms with Crippen molar-refractivity contribution < 1.29 is 28.7 Å². The zero-order chi connectivity index (χ0) is 34.9. The van der Waals surface area contributed by atoms with Crippen molar-refractivity contribution in [3.63, 3.8) is 0 Å². The van der Waals surface area contributed by atoms with Gasteiger partial charge in [-0.25, -0.2) is 9.78 Å². The van der Waals surface area contributed by atoms with Gasteiger partial charge in [0.25, 0.3) is 11.8 Å². The second kappa shape index (κ2) is 16.4. The minimum Gasteiger partial charge on any atom is -0.493 e. The summed E-state index contributed by atoms with van der Waals surface area (Å²) in [5.74, 6) is -1.29. The Morgan fingerprint density at radius 3 is 2.53 bits per heavy atom. The van der Waals surface area contributed by atoms with E-state index in [4.69, 9.17) is 15.2 Å². The highest BCUT2D eigenvalue weighted by atomic mass is 32.1. The van der Waals surface area contributed by atoms with E-state index >= 15 is 0 Å². The number of amides is 3. The van der Waals surface area contributed by atoms with Crippen LogP contribution < -0.4 is 26.4 Å². The number of ether oxygens (including phenoxy) is 2. The number of hydrogen-bond acceptors (Lipinski definition) is 9. The number of esters is 1. The van der Waals surface area contributed by atoms with Crippen LogP contribution in [0.1, 0.15) is 81.1 Å². The highest BCUT2D eigenvalue weighted by Crippen LogP contribution is 2.43. The second-order valence-corrected chi connectivity index (χ2v) is 12.6. The van der Waals surface area contributed by atoms with Crippen LogP contribution in [0.25, 0.3) is 21.6 Å². The van der Waals surface area contributed by atoms with Gasteiger partial charge in [0.05, 0.1) is 20.1 Å². The molecule has 0 atom stereocenters. The number of fused-ring (bicyclic) bond motifs is 3. The van der Waals surface area contributed by atoms with Crippen molar-refractivity contribution in [2.45, 2.75) is 52.5 Å². The highest BCUT2D eigenvalue weighted by Gasteiger charge is 2.27. The standard InChI is InChI=1S/C37H41N5O6S/c1-4-6-14-39-32(43)18-24-17-22(21-38)7-9-29(24)42-35(44)27-19-28-31(48-15-11-23-12-16-49-34(23)28)20-26(27)25-8-10-30(36(45)40-13-5-2)41-33(25)37(46)47-3/h7-10,12,16-17,19-20H,4-6,11,13-15,18,21,38H2,1-3H3,(H,39,43)(H,40,45)(H,42,44). The number of methoxy groups -OCH3 is 1. The topological polar surface area (TPSA) is 162 Å². The van der Waals surface area contributed by atoms with E-state index in [9.17, 15) is 19.2 Å². The first-order chi connectivity index (χ1) is 23.8. The van der Waals surface area contributed by atoms with Crippen molar-refractivity contribution in [3.8, 4) is 27.3 Å². The lowest BCUT2D eigenvalue weighted by Crippen LogP contribution is -2.27. The summed E-state index contributed by atoms with van der Waals surface area (Å²) in [4.78, 5) is 58.6. The number of hydrogen-bond donors (Lipinski definition) is 4. The molecule has 0 saturated carbocycles. The van der Waals surface area contributed by atoms with E-state index < -0.39 is 17.8 Å². The summed E-state index contributed by atoms with van der Waals surface area (Å²) in [6, 6.07) is 14.0. The van der Waals surface area contributed by atoms with E-state index in [2.05, 4.69) is 27.9 Å². The van der Waals surface area contributed by atoms with Gasteiger partial charge in [-0.3, -0.25) is 14.4 Å². The van der Waals surface area contributed by atoms with Crippen molar-refractivity contribution in [1.82, 2.24) is 15.6 Å². The number of nitrogens with two attached hydrogens (primary N) is 1. The van der Waals surface area contributed by atoms with Gasteiger partial charge in [0, 0.05) is 58.9 Å². The summed E-state index contributed by atoms with van der Waals surface area (Å²) < 4.78 is 11.3. The Labute approximate surface area is 289 Å². The van der Waals surface area contributed by atoms with Gasteiger partial charge in [-0.05, 0) is 71.3 Å². The number of unbranched alkanes of at least 4 members (excludes halogenated alkanes) is 1. The highest BCUT2D eigenvalue weighted by molar-refractivity contribution is 7.13. The summed E-state index contributed by atoms with van der Waals surface area (Å²) >= 11 is 1.55. The van der Waals surface area contributed by atoms with Gasteiger partial charge < -0.3 is 31.2 Å². The molecular weight excluding hydrogens is 643 g/mol. The first kappa shape index (κ1) is 35.2. The molecule has 2 aromatic heterocycles. The van der Waals surface area contributed by atoms with E-state index in [1.807, 2.05) is 24.4 Å². The molecule has 5 N–H and O–H groups in total. The van der Waals surface area contributed by atoms with Crippen molar-refractivity contribution in [2.24, 2.45) is 5.73 Å². The van der Waals surface area contributed by atoms with E-state index in [1.54, 1.807) is 41.7 Å². The fraction of sp³-hybridized carbons (Fsp3) is 0.324. The Morgan fingerprint density at radius 2 is 1.78 bits per heavy atom. The lowest BCUT2D eigenvalue weighted by Gasteiger charge is -2.18. The maximum Gasteiger partial charge on any atom is 0.357 e. The first-order valence-corrected chi connectivity index (χ1v) is 17.3. The number of anilines is 1. The number of thiophene rings is 1. The van der Waals surface area contributed by atoms with Crippen molar-refractivity contribution >= 4 is 40.7 Å². The third kappa shape index (κ3) is 8.15. The molecule has 256 valence electrons. The van der Waals surface area contributed by atoms with E-state index in [0.717, 1.165) is 40.8 Å². The number of carbonyl (C=O) groups is 4. The number of nitrogens with zero attached hydrogens (tertiary/aromatic N) is 1. The van der Waals surface area contributed by atoms with Crippen LogP contribution in [-0.4, -0.2) is 55.5 Å². The van der Waals surface area contributed by atoms with Gasteiger partial charge in [-0.1, -0.05) is 32.4 Å². The normalized spacial score (nSPS) is 11.8. The maximum atomic E-state index is 14.4. The minimum absolute atomic E-state index is 0.0414. The fourth-order valence-corrected chi connectivity index (χ4v) is 6.56. The van der Waals surface area contributed by atoms with Crippen LogP contribution in [0.5, 0.6) is 5.75 Å². The maximum absolute atomic E-state index is 14.4. The van der Waals surface area contributed by atoms with E-state index in [1.165, 1.54) is 13.2 Å². The van der Waals surface area contributed by atoms with Gasteiger partial charge in [-0.15, -0.1) is 11.3 Å². The Morgan fingerprint density at radius 1 is 0.939 bits per heavy atom. The molecule has 1 aliphatic rings. The molecule has 0 radical (unpaired) electrons. The van der Waals surface area contributed by atoms with Crippen LogP contribution in [0.4, 0.5) is 5.69 Å². The molecule has 1 aliphatic heterocycles. The van der Waals surface area contributed by atoms with E-state index in [0.29, 0.717) is 54.2 Å². The predicted octanol–water partition coefficient (Wildman–Crippen LogP) is 5.51. The van der Waals surface area contributed by atoms with Crippen molar-refractivity contribution in [3.05, 3.63) is 87.6 Å². The SMILES string of the molecule is CCCCNC(=O)Cc1cc(CN)ccc1NC(=O)c1cc2c(cc1-c1ccc(C(=O)NCCC)nc1C(=O)OC)OCCc1ccsc1-2. The van der Waals surface area contributed by atoms with Crippen LogP contribution >= 0.6 is 11.3 Å². The number of pyridine rings is 1. The molecule has 4 aromatic rings. The predicted molar refractivity (Wildman–Crippen MR) is 190 cm³/mol. The lowest BCUT2D eigenvalue weighted by atomic mass is 9.93. The van der Waals surface area contributed by atoms with Gasteiger partial charge in [0.15, 0.2) is 5.69 Å². The molecule has 3 heterocycles. The molecule has 5 rings (SSSR count). The molecule has 0 aliphatic carbocycles. The molecule has 0 bridgehead atoms. The Hall–Kier alpha value is -5.07. The molecule has 0 unspecified atom stereocenters. The van der Waals surface area contributed by atoms with E-state index in [-0.39, 0.29) is 35.8 Å². The summed E-state index contributed by atoms with van der Waals surface area (Å²) in [7, 11) is 1.23. The quantitative estimate of drug-likeness (QED) is 0.106. The Kier molecular flexibility index (Phi) is 11.8. The van der Waals surface area contributed by atoms with Crippen LogP contribution in [0.3, 0.4) is 0 Å². The Bertz CT molecular complexity index is 1870. The monoisotopic (exact) mass is 683 g/mol. The lowest BCUT2D eigenvalue weighted by molar-refractivity contribution is -0.120. The third-order valence-electron chi connectivity index (χ3n) is 8.17. The van der Waals surface area contributed by atoms with Crippen molar-refractivity contribution in [2.75, 3.05) is 32.1 Å². The molecule has 3 amide bonds. The second-order valence-electron chi connectivity index (χ2n) is 11.6. The van der Waals surface area contributed by atoms with Crippen LogP contribution in [-0.2, 0) is 28.9 Å². The van der Waals surface area contributed by atoms with Crippen LogP contribution in [0, 0.1) is 0 Å². The average Bonchev–Trinajstić information content (AvgIpc) is 3.51. The molecule has 12 heteroatoms. The molecule has 0 spiro atoms. The van der Waals surface area contributed by atoms with Gasteiger partial charge in [0.1, 0.15) is 11.4 Å². The molecular formula is C37H41N5O6S. The third-order valence-corrected chi connectivity index (χ3v) is 9.16. The number of nitrogens with one attached hydrogen (secondary N) is 3. The van der Waals surface area contributed by atoms with Crippen LogP contribution in [0.2, 0.25) is 0 Å². The number of carbonyl (C=O) groups excluding carboxylic acids is 4. The number of rotatable bonds is 13. The number of aromatic nitrogens is 1. The minimum atomic E-state index is -0.767. The summed E-state index contributed by atoms with van der Waals surface area (Å²) in [6.07, 6.45) is 3.29. The first-order valence-electron chi connectivity index (χ1n) is 16.4. The Balaban J connectivity index is 1.62. The van der Waals surface area contributed by atoms with Crippen LogP contribution in [0.15, 0.2) is 53.9 Å². The summed E-state index contributed by atoms with van der Waals surface area (Å²) in [6.45, 7) is 5.69. The summed E-state index contributed by atoms with van der Waals surface area (Å²) in [5.41, 5.74) is 10.5. The number of benzene rings is 2. The van der Waals surface area contributed by atoms with Crippen molar-refractivity contribution in [1.29, 1.82) is 0 Å². The zero-order valence-electron chi connectivity index (χ0n) is 27.9. The zero-order valence-corrected chi connectivity index (χ0v) is 28.8. The molecule has 11 nitrogen and oxygen atoms in total. The smallest absolute Gasteiger partial charge is 0.357 e. The fourth-order valence-electron chi connectivity index (χ4n) is 5.58. The average molecular weight is 684 g/mol. The molecule has 0 fully saturated rings. The van der Waals surface area contributed by atoms with Gasteiger partial charge >= 0.3 is 5.97 Å². The largest absolute Gasteiger partial charge is 0.493 e. The molecule has 2 aromatic carbocycles. The van der Waals surface area contributed by atoms with Gasteiger partial charge in [-0.2, -0.15) is 0 Å².